The molecule has 5 aliphatic heterocycles. The van der Waals surface area contributed by atoms with Gasteiger partial charge in [-0.25, -0.2) is 24.7 Å². The molecule has 670 valence electrons. The standard InChI is InChI=1S/C29H30ClN9O4S.C29H33ClN8O5.C29H34ClN7O4/c1-41-22-13-18(30)21(14-23(22)42-2)43-26-15-24(32-16-25-34-19-5-3-4-6-20(19)35-25)36-28(37-26)39-10-8-38(9-11-39)27(40)17-33-29-31-7-12-44-29;1-40-23-15-19(30)22(16-24(23)41-2)43-27-17-25(31-18-26-32-20-5-3-4-6-21(20)33-26)34-28(35-27)36-7-9-37(10-8-36)29(39)38-11-13-42-14-12-38;1-38-24-15-20(30)23(16-25(24)39-2)41-28-17-26(31-18-27-32-21-5-3-4-6-22(21)33-27)34-29(35-28)37-9-7-19(8-10-37)36-11-13-40-14-12-36/h3-7,12-15H,8-11,16-17H2,1-2H3,(H,31,33)(H,34,35)(H,32,36,37);3-6,15-17H,7-14,18H2,1-2H3,(H,32,33)(H,31,34,35);3-6,15-17,19H,7-14,18H2,1-2H3,(H,32,33)(H,31,34,35). The summed E-state index contributed by atoms with van der Waals surface area (Å²) in [5.41, 5.74) is 5.59. The molecule has 41 heteroatoms. The summed E-state index contributed by atoms with van der Waals surface area (Å²) < 4.78 is 61.8. The Morgan fingerprint density at radius 3 is 1.12 bits per heavy atom. The molecule has 128 heavy (non-hydrogen) atoms. The number of morpholine rings is 2. The Balaban J connectivity index is 0.000000141. The zero-order chi connectivity index (χ0) is 88.4. The van der Waals surface area contributed by atoms with E-state index < -0.39 is 0 Å². The van der Waals surface area contributed by atoms with Crippen LogP contribution in [0.5, 0.6) is 69.4 Å². The Bertz CT molecular complexity index is 5850. The average Bonchev–Trinajstić information content (AvgIpc) is 1.54. The number of piperidine rings is 1. The van der Waals surface area contributed by atoms with E-state index in [1.54, 1.807) is 89.2 Å². The van der Waals surface area contributed by atoms with Crippen LogP contribution in [-0.2, 0) is 33.9 Å². The largest absolute Gasteiger partial charge is 0.493 e. The number of fused-ring (bicyclic) bond motifs is 3. The Hall–Kier alpha value is -13.1. The van der Waals surface area contributed by atoms with Gasteiger partial charge in [0.2, 0.25) is 41.4 Å². The minimum absolute atomic E-state index is 0.00846. The topological polar surface area (TPSA) is 383 Å². The predicted molar refractivity (Wildman–Crippen MR) is 489 cm³/mol. The number of benzene rings is 6. The highest BCUT2D eigenvalue weighted by atomic mass is 35.5. The number of halogens is 3. The van der Waals surface area contributed by atoms with Gasteiger partial charge in [0.25, 0.3) is 0 Å². The van der Waals surface area contributed by atoms with Gasteiger partial charge in [-0.3, -0.25) is 9.69 Å². The van der Waals surface area contributed by atoms with Crippen LogP contribution in [0.2, 0.25) is 15.1 Å². The number of amides is 3. The summed E-state index contributed by atoms with van der Waals surface area (Å²) in [7, 11) is 9.29. The second-order valence-electron chi connectivity index (χ2n) is 29.8. The molecule has 5 fully saturated rings. The minimum Gasteiger partial charge on any atom is -0.493 e. The van der Waals surface area contributed by atoms with Gasteiger partial charge in [-0.05, 0) is 49.2 Å². The number of hydrogen-bond acceptors (Lipinski definition) is 32. The first-order chi connectivity index (χ1) is 62.6. The van der Waals surface area contributed by atoms with Crippen LogP contribution in [-0.4, -0.2) is 270 Å². The quantitative estimate of drug-likeness (QED) is 0.0239. The normalized spacial score (nSPS) is 15.0. The van der Waals surface area contributed by atoms with E-state index in [2.05, 4.69) is 66.0 Å². The predicted octanol–water partition coefficient (Wildman–Crippen LogP) is 13.4. The number of anilines is 7. The van der Waals surface area contributed by atoms with Gasteiger partial charge < -0.3 is 118 Å². The highest BCUT2D eigenvalue weighted by Crippen LogP contribution is 2.44. The zero-order valence-corrected chi connectivity index (χ0v) is 74.4. The SMILES string of the molecule is COc1cc(Cl)c(Oc2cc(NCc3nc4ccccc4[nH]3)nc(N3CCC(N4CCOCC4)CC3)n2)cc1OC.COc1cc(Cl)c(Oc2cc(NCc3nc4ccccc4[nH]3)nc(N3CCN(C(=O)CNc4nccs4)CC3)n2)cc1OC.COc1cc(Cl)c(Oc2cc(NCc3nc4ccccc4[nH]3)nc(N3CCN(C(=O)N4CCOCC4)CC3)n2)cc1OC. The lowest BCUT2D eigenvalue weighted by Gasteiger charge is -2.40. The first-order valence-electron chi connectivity index (χ1n) is 41.7. The summed E-state index contributed by atoms with van der Waals surface area (Å²) in [5.74, 6) is 10.6. The van der Waals surface area contributed by atoms with Crippen molar-refractivity contribution in [3.8, 4) is 69.4 Å². The van der Waals surface area contributed by atoms with E-state index >= 15 is 0 Å². The number of hydrogen-bond donors (Lipinski definition) is 7. The number of urea groups is 1. The van der Waals surface area contributed by atoms with E-state index in [4.69, 9.17) is 117 Å². The monoisotopic (exact) mass is 1820 g/mol. The number of carbonyl (C=O) groups is 2. The molecule has 0 aliphatic carbocycles. The maximum Gasteiger partial charge on any atom is 0.320 e. The van der Waals surface area contributed by atoms with Crippen molar-refractivity contribution >= 4 is 132 Å². The number of methoxy groups -OCH3 is 6. The van der Waals surface area contributed by atoms with Gasteiger partial charge in [0.05, 0.1) is 143 Å². The van der Waals surface area contributed by atoms with Crippen molar-refractivity contribution in [1.82, 2.24) is 84.4 Å². The Morgan fingerprint density at radius 2 is 0.758 bits per heavy atom. The molecular formula is C87H97Cl3N24O13S. The van der Waals surface area contributed by atoms with Crippen molar-refractivity contribution in [3.63, 3.8) is 0 Å². The molecule has 0 unspecified atom stereocenters. The number of thiazole rings is 1. The second-order valence-corrected chi connectivity index (χ2v) is 32.0. The summed E-state index contributed by atoms with van der Waals surface area (Å²) in [5, 5.41) is 16.8. The Morgan fingerprint density at radius 1 is 0.406 bits per heavy atom. The molecule has 0 radical (unpaired) electrons. The molecule has 18 rings (SSSR count). The molecule has 37 nitrogen and oxygen atoms in total. The number of aromatic amines is 3. The van der Waals surface area contributed by atoms with Crippen molar-refractivity contribution in [2.24, 2.45) is 0 Å². The van der Waals surface area contributed by atoms with Crippen LogP contribution in [0.4, 0.5) is 45.2 Å². The third-order valence-electron chi connectivity index (χ3n) is 21.8. The van der Waals surface area contributed by atoms with Crippen molar-refractivity contribution in [1.29, 1.82) is 0 Å². The molecule has 0 atom stereocenters. The molecule has 0 spiro atoms. The number of piperazine rings is 2. The van der Waals surface area contributed by atoms with Crippen LogP contribution >= 0.6 is 46.1 Å². The molecule has 7 N–H and O–H groups in total. The Kier molecular flexibility index (Phi) is 29.0. The maximum atomic E-state index is 13.0. The lowest BCUT2D eigenvalue weighted by Crippen LogP contribution is -2.55. The molecule has 5 saturated heterocycles. The summed E-state index contributed by atoms with van der Waals surface area (Å²) in [6.07, 6.45) is 3.78. The van der Waals surface area contributed by atoms with Crippen LogP contribution in [0.1, 0.15) is 30.3 Å². The first kappa shape index (κ1) is 88.3. The van der Waals surface area contributed by atoms with E-state index in [-0.39, 0.29) is 30.2 Å². The number of ether oxygens (including phenoxy) is 11. The lowest BCUT2D eigenvalue weighted by molar-refractivity contribution is -0.129. The van der Waals surface area contributed by atoms with Crippen LogP contribution < -0.4 is 78.6 Å². The third-order valence-corrected chi connectivity index (χ3v) is 23.4. The summed E-state index contributed by atoms with van der Waals surface area (Å²) in [6.45, 7) is 13.5. The number of rotatable bonds is 28. The second kappa shape index (κ2) is 42.0. The number of nitrogens with zero attached hydrogens (tertiary/aromatic N) is 17. The van der Waals surface area contributed by atoms with Crippen molar-refractivity contribution in [3.05, 3.63) is 172 Å². The van der Waals surface area contributed by atoms with Crippen molar-refractivity contribution in [2.75, 3.05) is 203 Å². The van der Waals surface area contributed by atoms with Gasteiger partial charge >= 0.3 is 6.03 Å². The van der Waals surface area contributed by atoms with Gasteiger partial charge in [0, 0.05) is 164 Å². The molecule has 13 aromatic rings. The molecule has 0 bridgehead atoms. The summed E-state index contributed by atoms with van der Waals surface area (Å²) in [4.78, 5) is 96.8. The molecular weight excluding hydrogens is 1730 g/mol. The van der Waals surface area contributed by atoms with Gasteiger partial charge in [-0.1, -0.05) is 71.2 Å². The highest BCUT2D eigenvalue weighted by molar-refractivity contribution is 7.13. The van der Waals surface area contributed by atoms with Crippen molar-refractivity contribution in [2.45, 2.75) is 38.5 Å². The molecule has 3 amide bonds. The highest BCUT2D eigenvalue weighted by Gasteiger charge is 2.32. The van der Waals surface area contributed by atoms with Crippen LogP contribution in [0.25, 0.3) is 33.1 Å². The summed E-state index contributed by atoms with van der Waals surface area (Å²) in [6, 6.07) is 39.3. The van der Waals surface area contributed by atoms with E-state index in [0.29, 0.717) is 212 Å². The fourth-order valence-electron chi connectivity index (χ4n) is 15.1. The van der Waals surface area contributed by atoms with Crippen molar-refractivity contribution < 1.29 is 61.7 Å². The van der Waals surface area contributed by atoms with Gasteiger partial charge in [-0.15, -0.1) is 11.3 Å². The third kappa shape index (κ3) is 22.1. The van der Waals surface area contributed by atoms with Gasteiger partial charge in [-0.2, -0.15) is 29.9 Å². The number of para-hydroxylation sites is 6. The van der Waals surface area contributed by atoms with Crippen LogP contribution in [0.3, 0.4) is 0 Å². The molecule has 7 aromatic heterocycles. The minimum atomic E-state index is 0.00846. The maximum absolute atomic E-state index is 13.0. The van der Waals surface area contributed by atoms with Crippen LogP contribution in [0.15, 0.2) is 139 Å². The fourth-order valence-corrected chi connectivity index (χ4v) is 16.2. The molecule has 5 aliphatic rings. The number of H-pyrrole nitrogens is 3. The van der Waals surface area contributed by atoms with Gasteiger partial charge in [0.15, 0.2) is 56.9 Å². The summed E-state index contributed by atoms with van der Waals surface area (Å²) >= 11 is 21.0. The van der Waals surface area contributed by atoms with E-state index in [1.165, 1.54) is 25.6 Å². The smallest absolute Gasteiger partial charge is 0.320 e. The van der Waals surface area contributed by atoms with Crippen LogP contribution in [0, 0.1) is 0 Å². The fraction of sp³-hybridized carbons (Fsp3) is 0.356. The van der Waals surface area contributed by atoms with E-state index in [9.17, 15) is 9.59 Å². The number of carbonyl (C=O) groups excluding carboxylic acids is 2. The van der Waals surface area contributed by atoms with E-state index in [1.807, 2.05) is 103 Å². The average molecular weight is 1830 g/mol. The molecule has 0 saturated carbocycles. The first-order valence-corrected chi connectivity index (χ1v) is 43.7. The Labute approximate surface area is 755 Å². The lowest BCUT2D eigenvalue weighted by atomic mass is 10.0. The molecule has 6 aromatic carbocycles. The number of imidazole rings is 3. The number of aromatic nitrogens is 13. The van der Waals surface area contributed by atoms with E-state index in [0.717, 1.165) is 108 Å². The number of nitrogens with one attached hydrogen (secondary N) is 7. The van der Waals surface area contributed by atoms with Gasteiger partial charge in [0.1, 0.15) is 34.9 Å². The molecule has 12 heterocycles. The zero-order valence-electron chi connectivity index (χ0n) is 71.3.